The summed E-state index contributed by atoms with van der Waals surface area (Å²) in [7, 11) is 0. The Morgan fingerprint density at radius 3 is 2.61 bits per heavy atom. The van der Waals surface area contributed by atoms with Gasteiger partial charge in [0, 0.05) is 31.7 Å². The summed E-state index contributed by atoms with van der Waals surface area (Å²) in [5, 5.41) is 8.04. The molecule has 0 atom stereocenters. The molecule has 1 saturated heterocycles. The highest BCUT2D eigenvalue weighted by atomic mass is 35.5. The van der Waals surface area contributed by atoms with Gasteiger partial charge in [0.25, 0.3) is 5.91 Å². The first-order valence-corrected chi connectivity index (χ1v) is 11.1. The number of piperazine rings is 1. The van der Waals surface area contributed by atoms with Gasteiger partial charge in [-0.05, 0) is 36.8 Å². The fraction of sp³-hybridized carbons (Fsp3) is 0.333. The molecule has 0 spiro atoms. The molecule has 1 aromatic heterocycles. The van der Waals surface area contributed by atoms with Crippen LogP contribution in [0.1, 0.15) is 30.3 Å². The molecule has 1 aliphatic heterocycles. The van der Waals surface area contributed by atoms with E-state index in [2.05, 4.69) is 22.0 Å². The van der Waals surface area contributed by atoms with Crippen LogP contribution < -0.4 is 9.64 Å². The van der Waals surface area contributed by atoms with Crippen molar-refractivity contribution >= 4 is 23.2 Å². The second kappa shape index (κ2) is 9.88. The lowest BCUT2D eigenvalue weighted by molar-refractivity contribution is 0.0741. The van der Waals surface area contributed by atoms with Gasteiger partial charge in [0.2, 0.25) is 0 Å². The number of aromatic nitrogens is 2. The van der Waals surface area contributed by atoms with Gasteiger partial charge in [-0.15, -0.1) is 0 Å². The summed E-state index contributed by atoms with van der Waals surface area (Å²) in [5.74, 6) is 0.747. The standard InChI is InChI=1S/C24H27ClN4O2/c1-2-3-16-31-23-11-7-4-8-18(23)20-17-21(27-26-20)24(30)29-14-12-28(13-15-29)22-10-6-5-9-19(22)25/h4-11,17H,2-3,12-16H2,1H3,(H,26,27). The molecule has 4 rings (SSSR count). The number of amides is 1. The molecule has 6 nitrogen and oxygen atoms in total. The summed E-state index contributed by atoms with van der Waals surface area (Å²) < 4.78 is 5.92. The van der Waals surface area contributed by atoms with Crippen molar-refractivity contribution in [1.82, 2.24) is 15.1 Å². The minimum atomic E-state index is -0.0399. The Morgan fingerprint density at radius 1 is 1.10 bits per heavy atom. The number of unbranched alkanes of at least 4 members (excludes halogenated alkanes) is 1. The van der Waals surface area contributed by atoms with Crippen LogP contribution >= 0.6 is 11.6 Å². The van der Waals surface area contributed by atoms with Gasteiger partial charge < -0.3 is 14.5 Å². The van der Waals surface area contributed by atoms with Crippen molar-refractivity contribution < 1.29 is 9.53 Å². The second-order valence-electron chi connectivity index (χ2n) is 7.60. The number of benzene rings is 2. The summed E-state index contributed by atoms with van der Waals surface area (Å²) in [4.78, 5) is 17.1. The summed E-state index contributed by atoms with van der Waals surface area (Å²) in [6.45, 7) is 5.55. The molecule has 1 amide bonds. The highest BCUT2D eigenvalue weighted by Gasteiger charge is 2.25. The van der Waals surface area contributed by atoms with Crippen LogP contribution in [0.15, 0.2) is 54.6 Å². The molecule has 0 unspecified atom stereocenters. The number of rotatable bonds is 7. The molecule has 0 saturated carbocycles. The number of nitrogens with one attached hydrogen (secondary N) is 1. The first kappa shape index (κ1) is 21.2. The van der Waals surface area contributed by atoms with Crippen LogP contribution in [0.4, 0.5) is 5.69 Å². The number of hydrogen-bond donors (Lipinski definition) is 1. The molecule has 162 valence electrons. The number of para-hydroxylation sites is 2. The lowest BCUT2D eigenvalue weighted by Gasteiger charge is -2.36. The van der Waals surface area contributed by atoms with Crippen LogP contribution in [0.2, 0.25) is 5.02 Å². The quantitative estimate of drug-likeness (QED) is 0.534. The third-order valence-electron chi connectivity index (χ3n) is 5.49. The molecule has 0 radical (unpaired) electrons. The van der Waals surface area contributed by atoms with Gasteiger partial charge in [0.05, 0.1) is 23.0 Å². The highest BCUT2D eigenvalue weighted by Crippen LogP contribution is 2.30. The number of carbonyl (C=O) groups is 1. The van der Waals surface area contributed by atoms with Gasteiger partial charge in [0.15, 0.2) is 0 Å². The van der Waals surface area contributed by atoms with Gasteiger partial charge >= 0.3 is 0 Å². The fourth-order valence-electron chi connectivity index (χ4n) is 3.73. The number of ether oxygens (including phenoxy) is 1. The van der Waals surface area contributed by atoms with Crippen molar-refractivity contribution in [3.63, 3.8) is 0 Å². The summed E-state index contributed by atoms with van der Waals surface area (Å²) in [6.07, 6.45) is 2.08. The Bertz CT molecular complexity index is 1030. The number of halogens is 1. The van der Waals surface area contributed by atoms with E-state index in [4.69, 9.17) is 16.3 Å². The van der Waals surface area contributed by atoms with E-state index in [1.165, 1.54) is 0 Å². The van der Waals surface area contributed by atoms with Crippen LogP contribution in [0.5, 0.6) is 5.75 Å². The van der Waals surface area contributed by atoms with Crippen molar-refractivity contribution in [2.24, 2.45) is 0 Å². The molecule has 2 heterocycles. The zero-order valence-electron chi connectivity index (χ0n) is 17.7. The van der Waals surface area contributed by atoms with Crippen LogP contribution in [0.3, 0.4) is 0 Å². The number of aromatic amines is 1. The zero-order chi connectivity index (χ0) is 21.6. The monoisotopic (exact) mass is 438 g/mol. The summed E-state index contributed by atoms with van der Waals surface area (Å²) >= 11 is 6.32. The Hall–Kier alpha value is -2.99. The molecule has 1 N–H and O–H groups in total. The van der Waals surface area contributed by atoms with E-state index < -0.39 is 0 Å². The van der Waals surface area contributed by atoms with Crippen molar-refractivity contribution in [2.75, 3.05) is 37.7 Å². The minimum Gasteiger partial charge on any atom is -0.493 e. The number of carbonyl (C=O) groups excluding carboxylic acids is 1. The largest absolute Gasteiger partial charge is 0.493 e. The zero-order valence-corrected chi connectivity index (χ0v) is 18.4. The highest BCUT2D eigenvalue weighted by molar-refractivity contribution is 6.33. The van der Waals surface area contributed by atoms with Crippen molar-refractivity contribution in [3.8, 4) is 17.0 Å². The topological polar surface area (TPSA) is 61.5 Å². The SMILES string of the molecule is CCCCOc1ccccc1-c1cc(C(=O)N2CCN(c3ccccc3Cl)CC2)[nH]n1. The van der Waals surface area contributed by atoms with Gasteiger partial charge in [0.1, 0.15) is 11.4 Å². The van der Waals surface area contributed by atoms with Crippen LogP contribution in [-0.2, 0) is 0 Å². The molecule has 7 heteroatoms. The molecule has 3 aromatic rings. The lowest BCUT2D eigenvalue weighted by atomic mass is 10.1. The van der Waals surface area contributed by atoms with E-state index in [0.717, 1.165) is 48.0 Å². The van der Waals surface area contributed by atoms with Crippen molar-refractivity contribution in [3.05, 3.63) is 65.3 Å². The van der Waals surface area contributed by atoms with Gasteiger partial charge in [-0.1, -0.05) is 49.2 Å². The third kappa shape index (κ3) is 4.85. The van der Waals surface area contributed by atoms with E-state index in [-0.39, 0.29) is 5.91 Å². The van der Waals surface area contributed by atoms with E-state index in [0.29, 0.717) is 31.1 Å². The van der Waals surface area contributed by atoms with Gasteiger partial charge in [-0.3, -0.25) is 9.89 Å². The van der Waals surface area contributed by atoms with Crippen LogP contribution in [0.25, 0.3) is 11.3 Å². The minimum absolute atomic E-state index is 0.0399. The summed E-state index contributed by atoms with van der Waals surface area (Å²) in [5.41, 5.74) is 3.10. The predicted molar refractivity (Wildman–Crippen MR) is 124 cm³/mol. The molecule has 2 aromatic carbocycles. The maximum absolute atomic E-state index is 13.0. The third-order valence-corrected chi connectivity index (χ3v) is 5.81. The fourth-order valence-corrected chi connectivity index (χ4v) is 3.98. The number of anilines is 1. The Balaban J connectivity index is 1.42. The Kier molecular flexibility index (Phi) is 6.77. The first-order chi connectivity index (χ1) is 15.2. The predicted octanol–water partition coefficient (Wildman–Crippen LogP) is 4.87. The van der Waals surface area contributed by atoms with E-state index >= 15 is 0 Å². The molecular weight excluding hydrogens is 412 g/mol. The lowest BCUT2D eigenvalue weighted by Crippen LogP contribution is -2.49. The van der Waals surface area contributed by atoms with Crippen molar-refractivity contribution in [1.29, 1.82) is 0 Å². The summed E-state index contributed by atoms with van der Waals surface area (Å²) in [6, 6.07) is 17.4. The molecule has 0 bridgehead atoms. The molecule has 31 heavy (non-hydrogen) atoms. The maximum atomic E-state index is 13.0. The normalized spacial score (nSPS) is 14.0. The maximum Gasteiger partial charge on any atom is 0.272 e. The molecular formula is C24H27ClN4O2. The Morgan fingerprint density at radius 2 is 1.84 bits per heavy atom. The smallest absolute Gasteiger partial charge is 0.272 e. The number of hydrogen-bond acceptors (Lipinski definition) is 4. The van der Waals surface area contributed by atoms with Gasteiger partial charge in [-0.25, -0.2) is 0 Å². The number of nitrogens with zero attached hydrogens (tertiary/aromatic N) is 3. The average molecular weight is 439 g/mol. The average Bonchev–Trinajstić information content (AvgIpc) is 3.30. The first-order valence-electron chi connectivity index (χ1n) is 10.7. The Labute approximate surface area is 187 Å². The van der Waals surface area contributed by atoms with E-state index in [9.17, 15) is 4.79 Å². The van der Waals surface area contributed by atoms with E-state index in [1.54, 1.807) is 0 Å². The molecule has 1 fully saturated rings. The van der Waals surface area contributed by atoms with Gasteiger partial charge in [-0.2, -0.15) is 5.10 Å². The molecule has 0 aliphatic carbocycles. The number of H-pyrrole nitrogens is 1. The second-order valence-corrected chi connectivity index (χ2v) is 8.00. The molecule has 1 aliphatic rings. The van der Waals surface area contributed by atoms with Crippen LogP contribution in [-0.4, -0.2) is 53.8 Å². The van der Waals surface area contributed by atoms with Crippen LogP contribution in [0, 0.1) is 0 Å². The van der Waals surface area contributed by atoms with Crippen molar-refractivity contribution in [2.45, 2.75) is 19.8 Å². The van der Waals surface area contributed by atoms with E-state index in [1.807, 2.05) is 59.5 Å².